The van der Waals surface area contributed by atoms with Crippen LogP contribution in [0.3, 0.4) is 0 Å². The van der Waals surface area contributed by atoms with Gasteiger partial charge in [-0.05, 0) is 56.2 Å². The van der Waals surface area contributed by atoms with Gasteiger partial charge in [0, 0.05) is 5.56 Å². The van der Waals surface area contributed by atoms with Crippen molar-refractivity contribution in [2.45, 2.75) is 26.9 Å². The normalized spacial score (nSPS) is 11.8. The van der Waals surface area contributed by atoms with E-state index in [1.165, 1.54) is 6.07 Å². The molecular weight excluding hydrogens is 269 g/mol. The number of aryl methyl sites for hydroxylation is 2. The maximum absolute atomic E-state index is 13.6. The third-order valence-corrected chi connectivity index (χ3v) is 3.28. The largest absolute Gasteiger partial charge is 0.457 e. The molecule has 1 unspecified atom stereocenters. The lowest BCUT2D eigenvalue weighted by molar-refractivity contribution is 0.195. The summed E-state index contributed by atoms with van der Waals surface area (Å²) in [5, 5.41) is 18.7. The SMILES string of the molecule is Cc1cc(Oc2cc(C#N)ccc2C)c(C(C)O)cc1F. The second-order valence-corrected chi connectivity index (χ2v) is 5.01. The number of aliphatic hydroxyl groups excluding tert-OH is 1. The Morgan fingerprint density at radius 2 is 1.86 bits per heavy atom. The van der Waals surface area contributed by atoms with Gasteiger partial charge in [-0.3, -0.25) is 0 Å². The highest BCUT2D eigenvalue weighted by Gasteiger charge is 2.14. The van der Waals surface area contributed by atoms with Crippen molar-refractivity contribution in [3.05, 3.63) is 58.4 Å². The van der Waals surface area contributed by atoms with E-state index in [9.17, 15) is 9.50 Å². The van der Waals surface area contributed by atoms with Crippen LogP contribution in [0.15, 0.2) is 30.3 Å². The number of hydrogen-bond acceptors (Lipinski definition) is 3. The van der Waals surface area contributed by atoms with Crippen molar-refractivity contribution < 1.29 is 14.2 Å². The van der Waals surface area contributed by atoms with Crippen LogP contribution in [0.4, 0.5) is 4.39 Å². The summed E-state index contributed by atoms with van der Waals surface area (Å²) in [4.78, 5) is 0. The summed E-state index contributed by atoms with van der Waals surface area (Å²) >= 11 is 0. The van der Waals surface area contributed by atoms with Gasteiger partial charge >= 0.3 is 0 Å². The molecule has 0 bridgehead atoms. The van der Waals surface area contributed by atoms with Gasteiger partial charge in [0.05, 0.1) is 17.7 Å². The summed E-state index contributed by atoms with van der Waals surface area (Å²) in [7, 11) is 0. The van der Waals surface area contributed by atoms with E-state index >= 15 is 0 Å². The molecule has 1 N–H and O–H groups in total. The predicted molar refractivity (Wildman–Crippen MR) is 77.7 cm³/mol. The van der Waals surface area contributed by atoms with Crippen LogP contribution in [0.5, 0.6) is 11.5 Å². The van der Waals surface area contributed by atoms with Gasteiger partial charge in [-0.15, -0.1) is 0 Å². The van der Waals surface area contributed by atoms with E-state index in [1.807, 2.05) is 13.0 Å². The Labute approximate surface area is 123 Å². The van der Waals surface area contributed by atoms with Crippen LogP contribution in [-0.2, 0) is 0 Å². The van der Waals surface area contributed by atoms with Crippen molar-refractivity contribution in [2.24, 2.45) is 0 Å². The third kappa shape index (κ3) is 3.21. The van der Waals surface area contributed by atoms with E-state index in [-0.39, 0.29) is 5.82 Å². The fourth-order valence-corrected chi connectivity index (χ4v) is 1.98. The molecule has 0 fully saturated rings. The summed E-state index contributed by atoms with van der Waals surface area (Å²) < 4.78 is 19.4. The van der Waals surface area contributed by atoms with Gasteiger partial charge in [-0.25, -0.2) is 4.39 Å². The second kappa shape index (κ2) is 5.94. The molecule has 1 atom stereocenters. The van der Waals surface area contributed by atoms with Crippen LogP contribution in [-0.4, -0.2) is 5.11 Å². The Morgan fingerprint density at radius 3 is 2.48 bits per heavy atom. The molecule has 21 heavy (non-hydrogen) atoms. The average Bonchev–Trinajstić information content (AvgIpc) is 2.44. The topological polar surface area (TPSA) is 53.2 Å². The molecule has 2 aromatic rings. The van der Waals surface area contributed by atoms with Crippen LogP contribution >= 0.6 is 0 Å². The molecule has 2 rings (SSSR count). The van der Waals surface area contributed by atoms with Crippen molar-refractivity contribution in [2.75, 3.05) is 0 Å². The lowest BCUT2D eigenvalue weighted by Gasteiger charge is -2.16. The summed E-state index contributed by atoms with van der Waals surface area (Å²) in [6, 6.07) is 9.99. The van der Waals surface area contributed by atoms with Crippen molar-refractivity contribution in [3.63, 3.8) is 0 Å². The molecule has 0 aliphatic rings. The quantitative estimate of drug-likeness (QED) is 0.921. The van der Waals surface area contributed by atoms with Crippen LogP contribution in [0, 0.1) is 31.0 Å². The Balaban J connectivity index is 2.49. The van der Waals surface area contributed by atoms with E-state index in [1.54, 1.807) is 38.1 Å². The molecule has 0 aliphatic carbocycles. The molecule has 4 heteroatoms. The van der Waals surface area contributed by atoms with E-state index in [2.05, 4.69) is 0 Å². The van der Waals surface area contributed by atoms with E-state index in [0.29, 0.717) is 28.2 Å². The van der Waals surface area contributed by atoms with Gasteiger partial charge in [-0.1, -0.05) is 6.07 Å². The van der Waals surface area contributed by atoms with Gasteiger partial charge in [0.1, 0.15) is 17.3 Å². The lowest BCUT2D eigenvalue weighted by Crippen LogP contribution is -2.00. The van der Waals surface area contributed by atoms with Crippen LogP contribution in [0.2, 0.25) is 0 Å². The van der Waals surface area contributed by atoms with E-state index < -0.39 is 6.10 Å². The molecule has 0 amide bonds. The highest BCUT2D eigenvalue weighted by molar-refractivity contribution is 5.47. The van der Waals surface area contributed by atoms with E-state index in [4.69, 9.17) is 10.00 Å². The number of rotatable bonds is 3. The second-order valence-electron chi connectivity index (χ2n) is 5.01. The zero-order chi connectivity index (χ0) is 15.6. The first kappa shape index (κ1) is 15.0. The standard InChI is InChI=1S/C17H16FNO2/c1-10-4-5-13(9-19)7-16(10)21-17-6-11(2)15(18)8-14(17)12(3)20/h4-8,12,20H,1-3H3. The number of nitrogens with zero attached hydrogens (tertiary/aromatic N) is 1. The molecule has 0 saturated heterocycles. The van der Waals surface area contributed by atoms with Gasteiger partial charge < -0.3 is 9.84 Å². The maximum atomic E-state index is 13.6. The van der Waals surface area contributed by atoms with Gasteiger partial charge in [-0.2, -0.15) is 5.26 Å². The highest BCUT2D eigenvalue weighted by atomic mass is 19.1. The Kier molecular flexibility index (Phi) is 4.25. The average molecular weight is 285 g/mol. The number of nitriles is 1. The van der Waals surface area contributed by atoms with Crippen LogP contribution in [0.1, 0.15) is 35.3 Å². The lowest BCUT2D eigenvalue weighted by atomic mass is 10.1. The van der Waals surface area contributed by atoms with Gasteiger partial charge in [0.25, 0.3) is 0 Å². The van der Waals surface area contributed by atoms with Crippen molar-refractivity contribution in [1.82, 2.24) is 0 Å². The number of benzene rings is 2. The first-order chi connectivity index (χ1) is 9.92. The first-order valence-corrected chi connectivity index (χ1v) is 6.59. The molecule has 0 saturated carbocycles. The molecule has 0 aliphatic heterocycles. The number of halogens is 1. The number of aliphatic hydroxyl groups is 1. The van der Waals surface area contributed by atoms with Crippen LogP contribution in [0.25, 0.3) is 0 Å². The van der Waals surface area contributed by atoms with Gasteiger partial charge in [0.15, 0.2) is 0 Å². The van der Waals surface area contributed by atoms with Crippen LogP contribution < -0.4 is 4.74 Å². The maximum Gasteiger partial charge on any atom is 0.133 e. The fourth-order valence-electron chi connectivity index (χ4n) is 1.98. The summed E-state index contributed by atoms with van der Waals surface area (Å²) in [6.07, 6.45) is -0.852. The van der Waals surface area contributed by atoms with E-state index in [0.717, 1.165) is 5.56 Å². The third-order valence-electron chi connectivity index (χ3n) is 3.28. The van der Waals surface area contributed by atoms with Crippen molar-refractivity contribution in [1.29, 1.82) is 5.26 Å². The Hall–Kier alpha value is -2.38. The smallest absolute Gasteiger partial charge is 0.133 e. The minimum absolute atomic E-state index is 0.375. The number of hydrogen-bond donors (Lipinski definition) is 1. The molecule has 3 nitrogen and oxygen atoms in total. The molecule has 2 aromatic carbocycles. The minimum Gasteiger partial charge on any atom is -0.457 e. The summed E-state index contributed by atoms with van der Waals surface area (Å²) in [5.41, 5.74) is 2.14. The zero-order valence-electron chi connectivity index (χ0n) is 12.1. The van der Waals surface area contributed by atoms with Gasteiger partial charge in [0.2, 0.25) is 0 Å². The molecule has 0 spiro atoms. The molecular formula is C17H16FNO2. The molecule has 108 valence electrons. The minimum atomic E-state index is -0.852. The predicted octanol–water partition coefficient (Wildman–Crippen LogP) is 4.16. The summed E-state index contributed by atoms with van der Waals surface area (Å²) in [5.74, 6) is 0.518. The Bertz CT molecular complexity index is 717. The van der Waals surface area contributed by atoms with Crippen molar-refractivity contribution in [3.8, 4) is 17.6 Å². The summed E-state index contributed by atoms with van der Waals surface area (Å²) in [6.45, 7) is 5.04. The van der Waals surface area contributed by atoms with Crippen molar-refractivity contribution >= 4 is 0 Å². The highest BCUT2D eigenvalue weighted by Crippen LogP contribution is 2.33. The number of ether oxygens (including phenoxy) is 1. The molecule has 0 heterocycles. The molecule has 0 aromatic heterocycles. The fraction of sp³-hybridized carbons (Fsp3) is 0.235. The Morgan fingerprint density at radius 1 is 1.14 bits per heavy atom. The monoisotopic (exact) mass is 285 g/mol. The molecule has 0 radical (unpaired) electrons. The first-order valence-electron chi connectivity index (χ1n) is 6.59. The zero-order valence-corrected chi connectivity index (χ0v) is 12.1.